The van der Waals surface area contributed by atoms with E-state index in [1.807, 2.05) is 19.9 Å². The van der Waals surface area contributed by atoms with Crippen LogP contribution in [0.1, 0.15) is 18.1 Å². The molecule has 0 unspecified atom stereocenters. The molecule has 0 atom stereocenters. The van der Waals surface area contributed by atoms with Crippen molar-refractivity contribution in [1.82, 2.24) is 5.32 Å². The van der Waals surface area contributed by atoms with Crippen molar-refractivity contribution in [3.63, 3.8) is 0 Å². The van der Waals surface area contributed by atoms with E-state index in [9.17, 15) is 4.39 Å². The topological polar surface area (TPSA) is 21.3 Å². The number of nitrogens with one attached hydrogen (secondary N) is 1. The van der Waals surface area contributed by atoms with Gasteiger partial charge in [0.2, 0.25) is 0 Å². The molecule has 0 aromatic heterocycles. The van der Waals surface area contributed by atoms with Crippen molar-refractivity contribution >= 4 is 0 Å². The molecule has 1 N–H and O–H groups in total. The summed E-state index contributed by atoms with van der Waals surface area (Å²) >= 11 is 0. The van der Waals surface area contributed by atoms with Crippen molar-refractivity contribution in [3.05, 3.63) is 35.1 Å². The second-order valence-electron chi connectivity index (χ2n) is 3.77. The summed E-state index contributed by atoms with van der Waals surface area (Å²) in [6.07, 6.45) is 0.929. The van der Waals surface area contributed by atoms with Crippen molar-refractivity contribution in [2.24, 2.45) is 0 Å². The van der Waals surface area contributed by atoms with Crippen molar-refractivity contribution in [2.45, 2.75) is 20.3 Å². The van der Waals surface area contributed by atoms with Gasteiger partial charge in [-0.25, -0.2) is 4.39 Å². The van der Waals surface area contributed by atoms with Gasteiger partial charge in [0, 0.05) is 13.2 Å². The fraction of sp³-hybridized carbons (Fsp3) is 0.538. The molecule has 0 radical (unpaired) electrons. The second-order valence-corrected chi connectivity index (χ2v) is 3.77. The summed E-state index contributed by atoms with van der Waals surface area (Å²) < 4.78 is 18.1. The first kappa shape index (κ1) is 13.1. The van der Waals surface area contributed by atoms with E-state index in [1.165, 1.54) is 11.6 Å². The van der Waals surface area contributed by atoms with Crippen LogP contribution < -0.4 is 5.32 Å². The summed E-state index contributed by atoms with van der Waals surface area (Å²) in [5, 5.41) is 3.29. The zero-order chi connectivity index (χ0) is 11.8. The zero-order valence-electron chi connectivity index (χ0n) is 10.1. The molecule has 0 aliphatic carbocycles. The normalized spacial score (nSPS) is 10.7. The standard InChI is InChI=1S/C13H20FNO/c1-3-16-9-8-15-7-6-12-4-5-13(14)10-11(12)2/h4-5,10,15H,3,6-9H2,1-2H3. The first-order chi connectivity index (χ1) is 7.74. The molecule has 0 bridgehead atoms. The summed E-state index contributed by atoms with van der Waals surface area (Å²) in [6, 6.07) is 4.95. The summed E-state index contributed by atoms with van der Waals surface area (Å²) in [6.45, 7) is 7.21. The molecule has 0 saturated carbocycles. The molecule has 0 amide bonds. The molecule has 1 rings (SSSR count). The van der Waals surface area contributed by atoms with Gasteiger partial charge in [-0.15, -0.1) is 0 Å². The fourth-order valence-electron chi connectivity index (χ4n) is 1.58. The summed E-state index contributed by atoms with van der Waals surface area (Å²) in [5.74, 6) is -0.162. The van der Waals surface area contributed by atoms with Crippen LogP contribution >= 0.6 is 0 Å². The number of ether oxygens (including phenoxy) is 1. The van der Waals surface area contributed by atoms with Crippen LogP contribution in [0, 0.1) is 12.7 Å². The molecular weight excluding hydrogens is 205 g/mol. The summed E-state index contributed by atoms with van der Waals surface area (Å²) in [7, 11) is 0. The Hall–Kier alpha value is -0.930. The van der Waals surface area contributed by atoms with Gasteiger partial charge in [0.25, 0.3) is 0 Å². The maximum Gasteiger partial charge on any atom is 0.123 e. The lowest BCUT2D eigenvalue weighted by Gasteiger charge is -2.07. The Bertz CT molecular complexity index is 315. The van der Waals surface area contributed by atoms with E-state index in [0.717, 1.165) is 38.3 Å². The minimum Gasteiger partial charge on any atom is -0.380 e. The molecule has 0 spiro atoms. The van der Waals surface area contributed by atoms with E-state index in [-0.39, 0.29) is 5.82 Å². The number of hydrogen-bond donors (Lipinski definition) is 1. The lowest BCUT2D eigenvalue weighted by Crippen LogP contribution is -2.22. The highest BCUT2D eigenvalue weighted by Gasteiger charge is 1.99. The van der Waals surface area contributed by atoms with Gasteiger partial charge in [0.05, 0.1) is 6.61 Å². The number of halogens is 1. The monoisotopic (exact) mass is 225 g/mol. The Kier molecular flexibility index (Phi) is 6.04. The van der Waals surface area contributed by atoms with E-state index in [2.05, 4.69) is 5.32 Å². The second kappa shape index (κ2) is 7.36. The third-order valence-corrected chi connectivity index (χ3v) is 2.50. The maximum atomic E-state index is 12.8. The molecule has 1 aromatic carbocycles. The van der Waals surface area contributed by atoms with Crippen LogP contribution in [-0.2, 0) is 11.2 Å². The number of hydrogen-bond acceptors (Lipinski definition) is 2. The van der Waals surface area contributed by atoms with E-state index >= 15 is 0 Å². The van der Waals surface area contributed by atoms with Crippen LogP contribution in [-0.4, -0.2) is 26.3 Å². The quantitative estimate of drug-likeness (QED) is 0.719. The van der Waals surface area contributed by atoms with Gasteiger partial charge >= 0.3 is 0 Å². The van der Waals surface area contributed by atoms with Crippen LogP contribution in [0.15, 0.2) is 18.2 Å². The minimum absolute atomic E-state index is 0.162. The zero-order valence-corrected chi connectivity index (χ0v) is 10.1. The molecule has 2 nitrogen and oxygen atoms in total. The molecule has 0 aliphatic rings. The third kappa shape index (κ3) is 4.73. The van der Waals surface area contributed by atoms with Gasteiger partial charge in [0.15, 0.2) is 0 Å². The predicted molar refractivity (Wildman–Crippen MR) is 64.2 cm³/mol. The average molecular weight is 225 g/mol. The molecule has 0 saturated heterocycles. The van der Waals surface area contributed by atoms with Crippen LogP contribution in [0.5, 0.6) is 0 Å². The molecule has 0 heterocycles. The van der Waals surface area contributed by atoms with Crippen molar-refractivity contribution < 1.29 is 9.13 Å². The van der Waals surface area contributed by atoms with Crippen molar-refractivity contribution in [3.8, 4) is 0 Å². The fourth-order valence-corrected chi connectivity index (χ4v) is 1.58. The first-order valence-electron chi connectivity index (χ1n) is 5.77. The number of rotatable bonds is 7. The molecule has 3 heteroatoms. The third-order valence-electron chi connectivity index (χ3n) is 2.50. The Morgan fingerprint density at radius 1 is 1.31 bits per heavy atom. The van der Waals surface area contributed by atoms with Gasteiger partial charge in [-0.05, 0) is 50.1 Å². The van der Waals surface area contributed by atoms with Gasteiger partial charge in [-0.2, -0.15) is 0 Å². The highest BCUT2D eigenvalue weighted by molar-refractivity contribution is 5.26. The van der Waals surface area contributed by atoms with E-state index < -0.39 is 0 Å². The van der Waals surface area contributed by atoms with E-state index in [0.29, 0.717) is 0 Å². The number of aryl methyl sites for hydroxylation is 1. The van der Waals surface area contributed by atoms with Crippen LogP contribution in [0.25, 0.3) is 0 Å². The largest absolute Gasteiger partial charge is 0.380 e. The van der Waals surface area contributed by atoms with Gasteiger partial charge in [-0.1, -0.05) is 6.07 Å². The predicted octanol–water partition coefficient (Wildman–Crippen LogP) is 2.30. The minimum atomic E-state index is -0.162. The lowest BCUT2D eigenvalue weighted by atomic mass is 10.1. The smallest absolute Gasteiger partial charge is 0.123 e. The van der Waals surface area contributed by atoms with Crippen LogP contribution in [0.4, 0.5) is 4.39 Å². The SMILES string of the molecule is CCOCCNCCc1ccc(F)cc1C. The Morgan fingerprint density at radius 2 is 2.12 bits per heavy atom. The molecule has 0 aliphatic heterocycles. The van der Waals surface area contributed by atoms with Crippen LogP contribution in [0.2, 0.25) is 0 Å². The van der Waals surface area contributed by atoms with Crippen molar-refractivity contribution in [1.29, 1.82) is 0 Å². The highest BCUT2D eigenvalue weighted by Crippen LogP contribution is 2.10. The van der Waals surface area contributed by atoms with Gasteiger partial charge in [-0.3, -0.25) is 0 Å². The lowest BCUT2D eigenvalue weighted by molar-refractivity contribution is 0.149. The van der Waals surface area contributed by atoms with E-state index in [4.69, 9.17) is 4.74 Å². The van der Waals surface area contributed by atoms with E-state index in [1.54, 1.807) is 6.07 Å². The molecule has 1 aromatic rings. The first-order valence-corrected chi connectivity index (χ1v) is 5.77. The Labute approximate surface area is 96.8 Å². The van der Waals surface area contributed by atoms with Crippen molar-refractivity contribution in [2.75, 3.05) is 26.3 Å². The molecule has 16 heavy (non-hydrogen) atoms. The Morgan fingerprint density at radius 3 is 2.81 bits per heavy atom. The number of benzene rings is 1. The molecule has 90 valence electrons. The van der Waals surface area contributed by atoms with Gasteiger partial charge < -0.3 is 10.1 Å². The highest BCUT2D eigenvalue weighted by atomic mass is 19.1. The van der Waals surface area contributed by atoms with Crippen LogP contribution in [0.3, 0.4) is 0 Å². The summed E-state index contributed by atoms with van der Waals surface area (Å²) in [4.78, 5) is 0. The average Bonchev–Trinajstić information content (AvgIpc) is 2.26. The molecule has 0 fully saturated rings. The van der Waals surface area contributed by atoms with Gasteiger partial charge in [0.1, 0.15) is 5.82 Å². The maximum absolute atomic E-state index is 12.8. The Balaban J connectivity index is 2.21. The molecular formula is C13H20FNO. The summed E-state index contributed by atoms with van der Waals surface area (Å²) in [5.41, 5.74) is 2.22.